The molecule has 20 heavy (non-hydrogen) atoms. The van der Waals surface area contributed by atoms with Gasteiger partial charge in [0.25, 0.3) is 5.91 Å². The summed E-state index contributed by atoms with van der Waals surface area (Å²) in [5, 5.41) is 2.84. The lowest BCUT2D eigenvalue weighted by molar-refractivity contribution is 0.102. The van der Waals surface area contributed by atoms with Crippen LogP contribution < -0.4 is 11.1 Å². The summed E-state index contributed by atoms with van der Waals surface area (Å²) >= 11 is 0. The second kappa shape index (κ2) is 5.33. The number of pyridine rings is 1. The van der Waals surface area contributed by atoms with Gasteiger partial charge in [-0.05, 0) is 35.2 Å². The lowest BCUT2D eigenvalue weighted by atomic mass is 9.87. The van der Waals surface area contributed by atoms with Crippen molar-refractivity contribution in [2.75, 3.05) is 11.1 Å². The molecule has 3 N–H and O–H groups in total. The van der Waals surface area contributed by atoms with E-state index in [1.807, 2.05) is 24.3 Å². The van der Waals surface area contributed by atoms with Gasteiger partial charge in [0.2, 0.25) is 0 Å². The van der Waals surface area contributed by atoms with Gasteiger partial charge in [0.05, 0.1) is 5.56 Å². The maximum absolute atomic E-state index is 12.0. The zero-order chi connectivity index (χ0) is 14.8. The number of hydrogen-bond donors (Lipinski definition) is 2. The van der Waals surface area contributed by atoms with Crippen LogP contribution in [-0.4, -0.2) is 10.9 Å². The van der Waals surface area contributed by atoms with Gasteiger partial charge in [0, 0.05) is 11.9 Å². The highest BCUT2D eigenvalue weighted by atomic mass is 16.1. The van der Waals surface area contributed by atoms with Crippen molar-refractivity contribution in [3.63, 3.8) is 0 Å². The van der Waals surface area contributed by atoms with E-state index in [9.17, 15) is 4.79 Å². The van der Waals surface area contributed by atoms with Crippen LogP contribution in [0.2, 0.25) is 0 Å². The van der Waals surface area contributed by atoms with Crippen molar-refractivity contribution in [1.29, 1.82) is 0 Å². The first-order valence-corrected chi connectivity index (χ1v) is 6.50. The number of nitrogens with zero attached hydrogens (tertiary/aromatic N) is 1. The maximum atomic E-state index is 12.0. The van der Waals surface area contributed by atoms with Gasteiger partial charge in [-0.25, -0.2) is 4.98 Å². The molecule has 0 aliphatic heterocycles. The number of nitrogen functional groups attached to an aromatic ring is 1. The number of aromatic nitrogens is 1. The van der Waals surface area contributed by atoms with Crippen molar-refractivity contribution in [1.82, 2.24) is 4.98 Å². The molecular weight excluding hydrogens is 250 g/mol. The molecule has 4 heteroatoms. The third-order valence-electron chi connectivity index (χ3n) is 3.06. The van der Waals surface area contributed by atoms with E-state index < -0.39 is 0 Å². The first-order valence-electron chi connectivity index (χ1n) is 6.50. The Morgan fingerprint density at radius 1 is 1.10 bits per heavy atom. The van der Waals surface area contributed by atoms with Crippen LogP contribution in [0.3, 0.4) is 0 Å². The Balaban J connectivity index is 2.10. The lowest BCUT2D eigenvalue weighted by Crippen LogP contribution is -2.14. The van der Waals surface area contributed by atoms with Crippen LogP contribution in [0.1, 0.15) is 36.7 Å². The van der Waals surface area contributed by atoms with E-state index >= 15 is 0 Å². The Morgan fingerprint density at radius 3 is 2.25 bits per heavy atom. The Morgan fingerprint density at radius 2 is 1.75 bits per heavy atom. The molecule has 0 aliphatic rings. The van der Waals surface area contributed by atoms with Crippen LogP contribution >= 0.6 is 0 Å². The summed E-state index contributed by atoms with van der Waals surface area (Å²) < 4.78 is 0. The normalized spacial score (nSPS) is 11.2. The third kappa shape index (κ3) is 3.35. The van der Waals surface area contributed by atoms with E-state index in [0.717, 1.165) is 5.69 Å². The van der Waals surface area contributed by atoms with Gasteiger partial charge in [0.1, 0.15) is 5.82 Å². The van der Waals surface area contributed by atoms with Gasteiger partial charge >= 0.3 is 0 Å². The van der Waals surface area contributed by atoms with Crippen molar-refractivity contribution in [3.05, 3.63) is 53.7 Å². The molecule has 0 bridgehead atoms. The van der Waals surface area contributed by atoms with Gasteiger partial charge in [-0.3, -0.25) is 4.79 Å². The zero-order valence-electron chi connectivity index (χ0n) is 12.0. The van der Waals surface area contributed by atoms with E-state index in [1.54, 1.807) is 12.1 Å². The number of benzene rings is 1. The summed E-state index contributed by atoms with van der Waals surface area (Å²) in [6, 6.07) is 11.1. The monoisotopic (exact) mass is 269 g/mol. The highest BCUT2D eigenvalue weighted by molar-refractivity contribution is 6.04. The fraction of sp³-hybridized carbons (Fsp3) is 0.250. The number of amides is 1. The molecule has 1 amide bonds. The van der Waals surface area contributed by atoms with E-state index in [-0.39, 0.29) is 11.3 Å². The molecular formula is C16H19N3O. The number of anilines is 2. The molecule has 0 fully saturated rings. The van der Waals surface area contributed by atoms with Gasteiger partial charge in [-0.1, -0.05) is 32.9 Å². The molecule has 2 aromatic rings. The third-order valence-corrected chi connectivity index (χ3v) is 3.06. The summed E-state index contributed by atoms with van der Waals surface area (Å²) in [6.45, 7) is 6.46. The molecule has 0 radical (unpaired) electrons. The topological polar surface area (TPSA) is 68.0 Å². The van der Waals surface area contributed by atoms with E-state index in [1.165, 1.54) is 11.8 Å². The molecule has 1 aromatic heterocycles. The first-order chi connectivity index (χ1) is 9.36. The number of carbonyl (C=O) groups is 1. The van der Waals surface area contributed by atoms with E-state index in [2.05, 4.69) is 31.1 Å². The van der Waals surface area contributed by atoms with Gasteiger partial charge in [-0.15, -0.1) is 0 Å². The van der Waals surface area contributed by atoms with Gasteiger partial charge in [0.15, 0.2) is 0 Å². The quantitative estimate of drug-likeness (QED) is 0.879. The number of nitrogens with one attached hydrogen (secondary N) is 1. The van der Waals surface area contributed by atoms with Crippen LogP contribution in [-0.2, 0) is 5.41 Å². The molecule has 0 atom stereocenters. The van der Waals surface area contributed by atoms with Crippen LogP contribution in [0, 0.1) is 0 Å². The molecule has 104 valence electrons. The standard InChI is InChI=1S/C16H19N3O/c1-16(2,3)12-5-7-13(8-6-12)19-15(20)11-4-9-14(17)18-10-11/h4-10H,1-3H3,(H2,17,18)(H,19,20). The number of hydrogen-bond acceptors (Lipinski definition) is 3. The molecule has 0 aliphatic carbocycles. The maximum Gasteiger partial charge on any atom is 0.257 e. The van der Waals surface area contributed by atoms with Crippen molar-refractivity contribution in [2.24, 2.45) is 0 Å². The lowest BCUT2D eigenvalue weighted by Gasteiger charge is -2.19. The summed E-state index contributed by atoms with van der Waals surface area (Å²) in [5.74, 6) is 0.206. The predicted molar refractivity (Wildman–Crippen MR) is 81.7 cm³/mol. The van der Waals surface area contributed by atoms with Crippen LogP contribution in [0.4, 0.5) is 11.5 Å². The van der Waals surface area contributed by atoms with Crippen LogP contribution in [0.25, 0.3) is 0 Å². The Kier molecular flexibility index (Phi) is 3.74. The van der Waals surface area contributed by atoms with Crippen LogP contribution in [0.5, 0.6) is 0 Å². The van der Waals surface area contributed by atoms with Crippen LogP contribution in [0.15, 0.2) is 42.6 Å². The highest BCUT2D eigenvalue weighted by Gasteiger charge is 2.13. The predicted octanol–water partition coefficient (Wildman–Crippen LogP) is 3.21. The summed E-state index contributed by atoms with van der Waals surface area (Å²) in [7, 11) is 0. The van der Waals surface area contributed by atoms with Crippen molar-refractivity contribution >= 4 is 17.4 Å². The number of carbonyl (C=O) groups excluding carboxylic acids is 1. The Labute approximate surface area is 119 Å². The molecule has 0 unspecified atom stereocenters. The molecule has 0 saturated carbocycles. The molecule has 0 saturated heterocycles. The molecule has 1 heterocycles. The zero-order valence-corrected chi connectivity index (χ0v) is 12.0. The number of rotatable bonds is 2. The van der Waals surface area contributed by atoms with Crippen molar-refractivity contribution in [2.45, 2.75) is 26.2 Å². The second-order valence-electron chi connectivity index (χ2n) is 5.75. The molecule has 4 nitrogen and oxygen atoms in total. The van der Waals surface area contributed by atoms with E-state index in [4.69, 9.17) is 5.73 Å². The molecule has 2 rings (SSSR count). The summed E-state index contributed by atoms with van der Waals surface area (Å²) in [4.78, 5) is 15.9. The Hall–Kier alpha value is -2.36. The second-order valence-corrected chi connectivity index (χ2v) is 5.75. The highest BCUT2D eigenvalue weighted by Crippen LogP contribution is 2.23. The smallest absolute Gasteiger partial charge is 0.257 e. The average Bonchev–Trinajstić information content (AvgIpc) is 2.39. The SMILES string of the molecule is CC(C)(C)c1ccc(NC(=O)c2ccc(N)nc2)cc1. The Bertz CT molecular complexity index is 595. The number of nitrogens with two attached hydrogens (primary N) is 1. The van der Waals surface area contributed by atoms with Gasteiger partial charge in [-0.2, -0.15) is 0 Å². The average molecular weight is 269 g/mol. The van der Waals surface area contributed by atoms with Crippen molar-refractivity contribution < 1.29 is 4.79 Å². The summed E-state index contributed by atoms with van der Waals surface area (Å²) in [6.07, 6.45) is 1.47. The largest absolute Gasteiger partial charge is 0.384 e. The molecule has 0 spiro atoms. The minimum Gasteiger partial charge on any atom is -0.384 e. The van der Waals surface area contributed by atoms with Gasteiger partial charge < -0.3 is 11.1 Å². The molecule has 1 aromatic carbocycles. The minimum absolute atomic E-state index is 0.101. The van der Waals surface area contributed by atoms with E-state index in [0.29, 0.717) is 11.4 Å². The van der Waals surface area contributed by atoms with Crippen molar-refractivity contribution in [3.8, 4) is 0 Å². The fourth-order valence-electron chi connectivity index (χ4n) is 1.80. The fourth-order valence-corrected chi connectivity index (χ4v) is 1.80. The first kappa shape index (κ1) is 14.1. The minimum atomic E-state index is -0.194. The summed E-state index contributed by atoms with van der Waals surface area (Å²) in [5.41, 5.74) is 8.07.